The van der Waals surface area contributed by atoms with Crippen molar-refractivity contribution in [2.75, 3.05) is 33.0 Å². The number of ether oxygens (including phenoxy) is 3. The van der Waals surface area contributed by atoms with Gasteiger partial charge in [0.1, 0.15) is 0 Å². The number of hydrogen-bond acceptors (Lipinski definition) is 4. The van der Waals surface area contributed by atoms with Gasteiger partial charge in [0.2, 0.25) is 0 Å². The summed E-state index contributed by atoms with van der Waals surface area (Å²) in [6.07, 6.45) is 3.99. The van der Waals surface area contributed by atoms with E-state index in [9.17, 15) is 0 Å². The van der Waals surface area contributed by atoms with E-state index in [0.29, 0.717) is 18.4 Å². The van der Waals surface area contributed by atoms with Gasteiger partial charge in [-0.15, -0.1) is 0 Å². The van der Waals surface area contributed by atoms with Crippen LogP contribution in [0, 0.1) is 23.7 Å². The molecule has 1 saturated heterocycles. The summed E-state index contributed by atoms with van der Waals surface area (Å²) < 4.78 is 16.9. The Morgan fingerprint density at radius 3 is 2.65 bits per heavy atom. The molecule has 0 aromatic heterocycles. The van der Waals surface area contributed by atoms with Gasteiger partial charge in [0.15, 0.2) is 6.29 Å². The molecule has 3 aliphatic rings. The molecule has 2 bridgehead atoms. The number of aliphatic hydroxyl groups is 1. The van der Waals surface area contributed by atoms with Gasteiger partial charge in [-0.2, -0.15) is 0 Å². The van der Waals surface area contributed by atoms with Gasteiger partial charge in [-0.05, 0) is 37.0 Å². The van der Waals surface area contributed by atoms with Crippen molar-refractivity contribution in [3.8, 4) is 0 Å². The number of rotatable bonds is 5. The van der Waals surface area contributed by atoms with Crippen LogP contribution in [0.5, 0.6) is 0 Å². The molecular weight excluding hydrogens is 220 g/mol. The van der Waals surface area contributed by atoms with Gasteiger partial charge >= 0.3 is 0 Å². The van der Waals surface area contributed by atoms with Crippen LogP contribution < -0.4 is 0 Å². The van der Waals surface area contributed by atoms with E-state index in [2.05, 4.69) is 0 Å². The molecule has 0 amide bonds. The maximum Gasteiger partial charge on any atom is 0.161 e. The minimum absolute atomic E-state index is 0.00743. The lowest BCUT2D eigenvalue weighted by Gasteiger charge is -2.33. The van der Waals surface area contributed by atoms with Crippen LogP contribution in [-0.2, 0) is 14.2 Å². The topological polar surface area (TPSA) is 47.9 Å². The summed E-state index contributed by atoms with van der Waals surface area (Å²) >= 11 is 0. The van der Waals surface area contributed by atoms with Gasteiger partial charge in [-0.1, -0.05) is 0 Å². The van der Waals surface area contributed by atoms with E-state index in [4.69, 9.17) is 19.3 Å². The molecule has 3 fully saturated rings. The molecule has 1 N–H and O–H groups in total. The quantitative estimate of drug-likeness (QED) is 0.732. The fourth-order valence-electron chi connectivity index (χ4n) is 4.01. The van der Waals surface area contributed by atoms with Crippen molar-refractivity contribution in [3.63, 3.8) is 0 Å². The fourth-order valence-corrected chi connectivity index (χ4v) is 4.01. The largest absolute Gasteiger partial charge is 0.394 e. The molecule has 4 heteroatoms. The molecule has 4 nitrogen and oxygen atoms in total. The van der Waals surface area contributed by atoms with Crippen LogP contribution in [-0.4, -0.2) is 44.4 Å². The zero-order valence-corrected chi connectivity index (χ0v) is 10.2. The van der Waals surface area contributed by atoms with Gasteiger partial charge in [0, 0.05) is 5.92 Å². The predicted molar refractivity (Wildman–Crippen MR) is 61.4 cm³/mol. The molecule has 3 rings (SSSR count). The SMILES string of the molecule is OCCOCC1C2CCC(C2)C1C1OCCO1. The summed E-state index contributed by atoms with van der Waals surface area (Å²) in [6.45, 7) is 2.80. The molecular formula is C13H22O4. The van der Waals surface area contributed by atoms with E-state index in [0.717, 1.165) is 31.7 Å². The average Bonchev–Trinajstić information content (AvgIpc) is 3.05. The second-order valence-electron chi connectivity index (χ2n) is 5.48. The third kappa shape index (κ3) is 2.24. The highest BCUT2D eigenvalue weighted by Gasteiger charge is 2.51. The Morgan fingerprint density at radius 2 is 1.88 bits per heavy atom. The molecule has 2 saturated carbocycles. The summed E-state index contributed by atoms with van der Waals surface area (Å²) in [5.74, 6) is 2.65. The maximum absolute atomic E-state index is 8.78. The molecule has 4 unspecified atom stereocenters. The molecule has 1 heterocycles. The van der Waals surface area contributed by atoms with Crippen molar-refractivity contribution in [3.05, 3.63) is 0 Å². The Labute approximate surface area is 102 Å². The molecule has 0 spiro atoms. The van der Waals surface area contributed by atoms with Crippen LogP contribution in [0.2, 0.25) is 0 Å². The Bertz CT molecular complexity index is 252. The first kappa shape index (κ1) is 11.9. The van der Waals surface area contributed by atoms with Gasteiger partial charge in [-0.3, -0.25) is 0 Å². The van der Waals surface area contributed by atoms with Gasteiger partial charge in [0.05, 0.1) is 33.0 Å². The second kappa shape index (κ2) is 5.22. The van der Waals surface area contributed by atoms with Gasteiger partial charge in [-0.25, -0.2) is 0 Å². The van der Waals surface area contributed by atoms with E-state index in [1.165, 1.54) is 19.3 Å². The van der Waals surface area contributed by atoms with Crippen LogP contribution in [0.1, 0.15) is 19.3 Å². The summed E-state index contributed by atoms with van der Waals surface area (Å²) in [5.41, 5.74) is 0. The van der Waals surface area contributed by atoms with Crippen LogP contribution >= 0.6 is 0 Å². The molecule has 17 heavy (non-hydrogen) atoms. The summed E-state index contributed by atoms with van der Waals surface area (Å²) in [7, 11) is 0. The monoisotopic (exact) mass is 242 g/mol. The smallest absolute Gasteiger partial charge is 0.161 e. The van der Waals surface area contributed by atoms with E-state index in [1.54, 1.807) is 0 Å². The minimum atomic E-state index is 0.00743. The average molecular weight is 242 g/mol. The molecule has 4 atom stereocenters. The predicted octanol–water partition coefficient (Wildman–Crippen LogP) is 1.03. The Balaban J connectivity index is 1.62. The Morgan fingerprint density at radius 1 is 1.12 bits per heavy atom. The Kier molecular flexibility index (Phi) is 3.66. The fraction of sp³-hybridized carbons (Fsp3) is 1.00. The van der Waals surface area contributed by atoms with Crippen molar-refractivity contribution in [2.24, 2.45) is 23.7 Å². The van der Waals surface area contributed by atoms with E-state index >= 15 is 0 Å². The van der Waals surface area contributed by atoms with Crippen molar-refractivity contribution >= 4 is 0 Å². The molecule has 0 aromatic carbocycles. The highest BCUT2D eigenvalue weighted by Crippen LogP contribution is 2.54. The molecule has 2 aliphatic carbocycles. The summed E-state index contributed by atoms with van der Waals surface area (Å²) in [6, 6.07) is 0. The van der Waals surface area contributed by atoms with Crippen LogP contribution in [0.25, 0.3) is 0 Å². The first-order valence-electron chi connectivity index (χ1n) is 6.82. The van der Waals surface area contributed by atoms with Gasteiger partial charge in [0.25, 0.3) is 0 Å². The highest BCUT2D eigenvalue weighted by atomic mass is 16.7. The number of fused-ring (bicyclic) bond motifs is 2. The molecule has 98 valence electrons. The standard InChI is InChI=1S/C13H22O4/c14-3-4-15-8-11-9-1-2-10(7-9)12(11)13-16-5-6-17-13/h9-14H,1-8H2. The molecule has 1 aliphatic heterocycles. The van der Waals surface area contributed by atoms with Crippen molar-refractivity contribution in [1.82, 2.24) is 0 Å². The normalized spacial score (nSPS) is 41.5. The van der Waals surface area contributed by atoms with E-state index in [-0.39, 0.29) is 12.9 Å². The highest BCUT2D eigenvalue weighted by molar-refractivity contribution is 4.98. The zero-order valence-electron chi connectivity index (χ0n) is 10.2. The molecule has 0 aromatic rings. The lowest BCUT2D eigenvalue weighted by Crippen LogP contribution is -2.36. The lowest BCUT2D eigenvalue weighted by atomic mass is 9.79. The van der Waals surface area contributed by atoms with Crippen molar-refractivity contribution in [1.29, 1.82) is 0 Å². The minimum Gasteiger partial charge on any atom is -0.394 e. The van der Waals surface area contributed by atoms with Crippen molar-refractivity contribution in [2.45, 2.75) is 25.6 Å². The van der Waals surface area contributed by atoms with E-state index < -0.39 is 0 Å². The number of hydrogen-bond donors (Lipinski definition) is 1. The van der Waals surface area contributed by atoms with Crippen LogP contribution in [0.3, 0.4) is 0 Å². The lowest BCUT2D eigenvalue weighted by molar-refractivity contribution is -0.123. The first-order chi connectivity index (χ1) is 8.40. The van der Waals surface area contributed by atoms with Crippen LogP contribution in [0.4, 0.5) is 0 Å². The first-order valence-corrected chi connectivity index (χ1v) is 6.82. The van der Waals surface area contributed by atoms with E-state index in [1.807, 2.05) is 0 Å². The molecule has 0 radical (unpaired) electrons. The van der Waals surface area contributed by atoms with Crippen LogP contribution in [0.15, 0.2) is 0 Å². The van der Waals surface area contributed by atoms with Gasteiger partial charge < -0.3 is 19.3 Å². The maximum atomic E-state index is 8.78. The summed E-state index contributed by atoms with van der Waals surface area (Å²) in [5, 5.41) is 8.78. The zero-order chi connectivity index (χ0) is 11.7. The van der Waals surface area contributed by atoms with Crippen molar-refractivity contribution < 1.29 is 19.3 Å². The summed E-state index contributed by atoms with van der Waals surface area (Å²) in [4.78, 5) is 0. The Hall–Kier alpha value is -0.160. The number of aliphatic hydroxyl groups excluding tert-OH is 1. The third-order valence-corrected chi connectivity index (χ3v) is 4.67. The second-order valence-corrected chi connectivity index (χ2v) is 5.48. The third-order valence-electron chi connectivity index (χ3n) is 4.67.